The average Bonchev–Trinajstić information content (AvgIpc) is 2.13. The van der Waals surface area contributed by atoms with Crippen LogP contribution in [-0.2, 0) is 9.59 Å². The van der Waals surface area contributed by atoms with Gasteiger partial charge in [0.1, 0.15) is 0 Å². The minimum Gasteiger partial charge on any atom is -0.479 e. The fourth-order valence-electron chi connectivity index (χ4n) is 0.270. The molecule has 110 valence electrons. The molecule has 8 nitrogen and oxygen atoms in total. The van der Waals surface area contributed by atoms with Gasteiger partial charge in [-0.05, 0) is 27.7 Å². The summed E-state index contributed by atoms with van der Waals surface area (Å²) in [6.45, 7) is 6.89. The number of carboxylic acids is 2. The van der Waals surface area contributed by atoms with Crippen LogP contribution in [0.1, 0.15) is 27.7 Å². The van der Waals surface area contributed by atoms with Crippen molar-refractivity contribution in [3.8, 4) is 0 Å². The number of hydrogen-bond donors (Lipinski definition) is 6. The minimum absolute atomic E-state index is 0.167. The number of hydrogen-bond acceptors (Lipinski definition) is 6. The van der Waals surface area contributed by atoms with Crippen LogP contribution in [0.5, 0.6) is 0 Å². The maximum atomic E-state index is 9.77. The summed E-state index contributed by atoms with van der Waals surface area (Å²) in [7, 11) is 0. The van der Waals surface area contributed by atoms with Gasteiger partial charge in [0.05, 0.1) is 0 Å². The fourth-order valence-corrected chi connectivity index (χ4v) is 0.270. The van der Waals surface area contributed by atoms with Crippen molar-refractivity contribution >= 4 is 11.9 Å². The molecular formula is C10H22O8. The summed E-state index contributed by atoms with van der Waals surface area (Å²) in [5.74, 6) is -3.54. The van der Waals surface area contributed by atoms with Gasteiger partial charge in [0.2, 0.25) is 0 Å². The molecule has 6 N–H and O–H groups in total. The third-order valence-corrected chi connectivity index (χ3v) is 0.805. The van der Waals surface area contributed by atoms with Crippen molar-refractivity contribution < 1.29 is 40.2 Å². The van der Waals surface area contributed by atoms with Gasteiger partial charge in [-0.25, -0.2) is 9.59 Å². The number of aliphatic hydroxyl groups excluding tert-OH is 4. The molecule has 0 heterocycles. The van der Waals surface area contributed by atoms with Crippen molar-refractivity contribution in [3.05, 3.63) is 0 Å². The number of carbonyl (C=O) groups is 2. The standard InChI is InChI=1S/C4H6O6.2C3H8O/c5-1(3(7)8)2(6)4(9)10;2*1-3(2)4/h1-2,5-6H,(H,7,8)(H,9,10);2*3-4H,1-2H3. The van der Waals surface area contributed by atoms with Gasteiger partial charge < -0.3 is 30.6 Å². The Morgan fingerprint density at radius 1 is 0.667 bits per heavy atom. The van der Waals surface area contributed by atoms with Crippen LogP contribution >= 0.6 is 0 Å². The van der Waals surface area contributed by atoms with Crippen molar-refractivity contribution in [2.24, 2.45) is 0 Å². The van der Waals surface area contributed by atoms with Gasteiger partial charge in [-0.3, -0.25) is 0 Å². The van der Waals surface area contributed by atoms with Crippen LogP contribution in [0.15, 0.2) is 0 Å². The Morgan fingerprint density at radius 2 is 0.778 bits per heavy atom. The van der Waals surface area contributed by atoms with E-state index in [-0.39, 0.29) is 12.2 Å². The normalized spacial score (nSPS) is 12.8. The quantitative estimate of drug-likeness (QED) is 0.367. The molecule has 2 unspecified atom stereocenters. The molecule has 0 aromatic heterocycles. The summed E-state index contributed by atoms with van der Waals surface area (Å²) in [6.07, 6.45) is -4.87. The lowest BCUT2D eigenvalue weighted by Crippen LogP contribution is -2.39. The first-order chi connectivity index (χ1) is 7.93. The lowest BCUT2D eigenvalue weighted by Gasteiger charge is -2.07. The van der Waals surface area contributed by atoms with E-state index in [1.54, 1.807) is 27.7 Å². The van der Waals surface area contributed by atoms with Crippen molar-refractivity contribution in [2.45, 2.75) is 52.1 Å². The van der Waals surface area contributed by atoms with E-state index < -0.39 is 24.1 Å². The predicted molar refractivity (Wildman–Crippen MR) is 62.0 cm³/mol. The average molecular weight is 270 g/mol. The molecule has 0 aromatic rings. The molecule has 0 amide bonds. The molecule has 0 aliphatic heterocycles. The summed E-state index contributed by atoms with van der Waals surface area (Å²) >= 11 is 0. The van der Waals surface area contributed by atoms with Crippen molar-refractivity contribution in [1.29, 1.82) is 0 Å². The molecule has 8 heteroatoms. The van der Waals surface area contributed by atoms with E-state index in [9.17, 15) is 9.59 Å². The van der Waals surface area contributed by atoms with Gasteiger partial charge in [0.15, 0.2) is 12.2 Å². The predicted octanol–water partition coefficient (Wildman–Crippen LogP) is -1.35. The second-order valence-corrected chi connectivity index (χ2v) is 3.75. The SMILES string of the molecule is CC(C)O.CC(C)O.O=C(O)C(O)C(O)C(=O)O. The van der Waals surface area contributed by atoms with E-state index >= 15 is 0 Å². The molecule has 0 aromatic carbocycles. The highest BCUT2D eigenvalue weighted by Crippen LogP contribution is 1.92. The Kier molecular flexibility index (Phi) is 15.0. The highest BCUT2D eigenvalue weighted by Gasteiger charge is 2.29. The zero-order chi connectivity index (χ0) is 15.5. The Hall–Kier alpha value is -1.22. The van der Waals surface area contributed by atoms with Crippen LogP contribution in [0.2, 0.25) is 0 Å². The van der Waals surface area contributed by atoms with Crippen LogP contribution in [-0.4, -0.2) is 67.0 Å². The number of aliphatic hydroxyl groups is 4. The second kappa shape index (κ2) is 12.2. The zero-order valence-corrected chi connectivity index (χ0v) is 10.8. The molecule has 0 rings (SSSR count). The number of carboxylic acid groups (broad SMARTS) is 2. The summed E-state index contributed by atoms with van der Waals surface area (Å²) in [5.41, 5.74) is 0. The first-order valence-corrected chi connectivity index (χ1v) is 5.11. The Labute approximate surface area is 105 Å². The highest BCUT2D eigenvalue weighted by molar-refractivity contribution is 5.83. The smallest absolute Gasteiger partial charge is 0.335 e. The number of rotatable bonds is 3. The summed E-state index contributed by atoms with van der Waals surface area (Å²) < 4.78 is 0. The molecular weight excluding hydrogens is 248 g/mol. The maximum absolute atomic E-state index is 9.77. The highest BCUT2D eigenvalue weighted by atomic mass is 16.4. The van der Waals surface area contributed by atoms with Crippen LogP contribution in [0.25, 0.3) is 0 Å². The van der Waals surface area contributed by atoms with Crippen molar-refractivity contribution in [3.63, 3.8) is 0 Å². The van der Waals surface area contributed by atoms with E-state index in [0.717, 1.165) is 0 Å². The van der Waals surface area contributed by atoms with Gasteiger partial charge in [0.25, 0.3) is 0 Å². The van der Waals surface area contributed by atoms with Crippen LogP contribution in [0.4, 0.5) is 0 Å². The van der Waals surface area contributed by atoms with E-state index in [1.807, 2.05) is 0 Å². The fraction of sp³-hybridized carbons (Fsp3) is 0.800. The summed E-state index contributed by atoms with van der Waals surface area (Å²) in [4.78, 5) is 19.5. The molecule has 0 fully saturated rings. The van der Waals surface area contributed by atoms with Gasteiger partial charge in [0, 0.05) is 12.2 Å². The van der Waals surface area contributed by atoms with E-state index in [4.69, 9.17) is 30.6 Å². The lowest BCUT2D eigenvalue weighted by atomic mass is 10.2. The Bertz CT molecular complexity index is 196. The maximum Gasteiger partial charge on any atom is 0.335 e. The molecule has 0 aliphatic carbocycles. The summed E-state index contributed by atoms with van der Waals surface area (Å²) in [5, 5.41) is 48.6. The van der Waals surface area contributed by atoms with Crippen LogP contribution in [0.3, 0.4) is 0 Å². The van der Waals surface area contributed by atoms with E-state index in [0.29, 0.717) is 0 Å². The third kappa shape index (κ3) is 24.2. The topological polar surface area (TPSA) is 156 Å². The first kappa shape index (κ1) is 22.0. The molecule has 0 spiro atoms. The molecule has 0 saturated carbocycles. The van der Waals surface area contributed by atoms with Crippen LogP contribution < -0.4 is 0 Å². The first-order valence-electron chi connectivity index (χ1n) is 5.11. The largest absolute Gasteiger partial charge is 0.479 e. The molecule has 2 atom stereocenters. The Morgan fingerprint density at radius 3 is 0.833 bits per heavy atom. The van der Waals surface area contributed by atoms with Gasteiger partial charge >= 0.3 is 11.9 Å². The van der Waals surface area contributed by atoms with Gasteiger partial charge in [-0.1, -0.05) is 0 Å². The lowest BCUT2D eigenvalue weighted by molar-refractivity contribution is -0.165. The second-order valence-electron chi connectivity index (χ2n) is 3.75. The molecule has 0 saturated heterocycles. The van der Waals surface area contributed by atoms with Crippen molar-refractivity contribution in [2.75, 3.05) is 0 Å². The summed E-state index contributed by atoms with van der Waals surface area (Å²) in [6, 6.07) is 0. The molecule has 0 aliphatic rings. The minimum atomic E-state index is -2.27. The van der Waals surface area contributed by atoms with E-state index in [1.165, 1.54) is 0 Å². The molecule has 0 radical (unpaired) electrons. The van der Waals surface area contributed by atoms with Gasteiger partial charge in [-0.15, -0.1) is 0 Å². The monoisotopic (exact) mass is 270 g/mol. The van der Waals surface area contributed by atoms with Crippen molar-refractivity contribution in [1.82, 2.24) is 0 Å². The zero-order valence-electron chi connectivity index (χ0n) is 10.8. The van der Waals surface area contributed by atoms with E-state index in [2.05, 4.69) is 0 Å². The third-order valence-electron chi connectivity index (χ3n) is 0.805. The Balaban J connectivity index is -0.000000233. The van der Waals surface area contributed by atoms with Crippen LogP contribution in [0, 0.1) is 0 Å². The number of aliphatic carboxylic acids is 2. The van der Waals surface area contributed by atoms with Gasteiger partial charge in [-0.2, -0.15) is 0 Å². The molecule has 18 heavy (non-hydrogen) atoms. The molecule has 0 bridgehead atoms.